The summed E-state index contributed by atoms with van der Waals surface area (Å²) in [6.07, 6.45) is 5.05. The Balaban J connectivity index is 1.78. The zero-order valence-electron chi connectivity index (χ0n) is 13.0. The quantitative estimate of drug-likeness (QED) is 0.890. The lowest BCUT2D eigenvalue weighted by Gasteiger charge is -2.35. The Morgan fingerprint density at radius 2 is 2.05 bits per heavy atom. The van der Waals surface area contributed by atoms with Gasteiger partial charge in [0.2, 0.25) is 5.76 Å². The lowest BCUT2D eigenvalue weighted by atomic mass is 9.70. The van der Waals surface area contributed by atoms with Gasteiger partial charge in [-0.2, -0.15) is 0 Å². The highest BCUT2D eigenvalue weighted by molar-refractivity contribution is 5.85. The maximum atomic E-state index is 10.8. The molecular weight excluding hydrogens is 278 g/mol. The number of rotatable bonds is 3. The van der Waals surface area contributed by atoms with Crippen molar-refractivity contribution in [1.29, 1.82) is 0 Å². The molecule has 4 heteroatoms. The summed E-state index contributed by atoms with van der Waals surface area (Å²) in [5.74, 6) is -0.613. The Labute approximate surface area is 130 Å². The molecule has 1 heterocycles. The van der Waals surface area contributed by atoms with Crippen LogP contribution in [0.15, 0.2) is 34.9 Å². The minimum Gasteiger partial charge on any atom is -0.475 e. The molecule has 0 amide bonds. The van der Waals surface area contributed by atoms with E-state index in [4.69, 9.17) is 9.63 Å². The molecule has 3 rings (SSSR count). The van der Waals surface area contributed by atoms with Gasteiger partial charge in [0.25, 0.3) is 0 Å². The molecule has 0 spiro atoms. The first-order valence-corrected chi connectivity index (χ1v) is 7.75. The van der Waals surface area contributed by atoms with Crippen LogP contribution in [-0.4, -0.2) is 16.2 Å². The van der Waals surface area contributed by atoms with Crippen LogP contribution in [0.1, 0.15) is 61.6 Å². The SMILES string of the molecule is CC1(C)CCCC(c2ccc(-c3cc(C(=O)O)on3)cc2)C1. The van der Waals surface area contributed by atoms with Gasteiger partial charge in [-0.25, -0.2) is 4.79 Å². The fourth-order valence-corrected chi connectivity index (χ4v) is 3.42. The number of hydrogen-bond acceptors (Lipinski definition) is 3. The second-order valence-corrected chi connectivity index (χ2v) is 6.96. The zero-order chi connectivity index (χ0) is 15.7. The minimum absolute atomic E-state index is 0.131. The Kier molecular flexibility index (Phi) is 3.77. The second kappa shape index (κ2) is 5.59. The number of carboxylic acids is 1. The number of aromatic nitrogens is 1. The van der Waals surface area contributed by atoms with Gasteiger partial charge in [0.05, 0.1) is 0 Å². The summed E-state index contributed by atoms with van der Waals surface area (Å²) in [5, 5.41) is 12.7. The number of carbonyl (C=O) groups is 1. The summed E-state index contributed by atoms with van der Waals surface area (Å²) in [5.41, 5.74) is 3.23. The topological polar surface area (TPSA) is 63.3 Å². The average Bonchev–Trinajstić information content (AvgIpc) is 2.96. The van der Waals surface area contributed by atoms with Gasteiger partial charge in [-0.3, -0.25) is 0 Å². The first-order chi connectivity index (χ1) is 10.4. The number of hydrogen-bond donors (Lipinski definition) is 1. The van der Waals surface area contributed by atoms with Gasteiger partial charge in [0, 0.05) is 11.6 Å². The third kappa shape index (κ3) is 3.06. The molecule has 0 saturated heterocycles. The van der Waals surface area contributed by atoms with Crippen molar-refractivity contribution < 1.29 is 14.4 Å². The monoisotopic (exact) mass is 299 g/mol. The van der Waals surface area contributed by atoms with Crippen LogP contribution < -0.4 is 0 Å². The number of carboxylic acid groups (broad SMARTS) is 1. The molecule has 1 fully saturated rings. The van der Waals surface area contributed by atoms with Gasteiger partial charge in [0.1, 0.15) is 5.69 Å². The van der Waals surface area contributed by atoms with E-state index in [2.05, 4.69) is 31.1 Å². The molecule has 0 bridgehead atoms. The van der Waals surface area contributed by atoms with Crippen molar-refractivity contribution in [3.8, 4) is 11.3 Å². The molecule has 1 aliphatic rings. The van der Waals surface area contributed by atoms with Crippen LogP contribution >= 0.6 is 0 Å². The summed E-state index contributed by atoms with van der Waals surface area (Å²) in [4.78, 5) is 10.8. The predicted molar refractivity (Wildman–Crippen MR) is 83.9 cm³/mol. The van der Waals surface area contributed by atoms with Crippen molar-refractivity contribution in [2.24, 2.45) is 5.41 Å². The predicted octanol–water partition coefficient (Wildman–Crippen LogP) is 4.72. The third-order valence-corrected chi connectivity index (χ3v) is 4.60. The van der Waals surface area contributed by atoms with E-state index in [-0.39, 0.29) is 5.76 Å². The first kappa shape index (κ1) is 14.8. The molecule has 0 radical (unpaired) electrons. The van der Waals surface area contributed by atoms with Crippen LogP contribution in [0, 0.1) is 5.41 Å². The Hall–Kier alpha value is -2.10. The molecular formula is C18H21NO3. The van der Waals surface area contributed by atoms with E-state index in [0.29, 0.717) is 17.0 Å². The van der Waals surface area contributed by atoms with Crippen molar-refractivity contribution in [2.45, 2.75) is 45.4 Å². The highest BCUT2D eigenvalue weighted by atomic mass is 16.5. The fourth-order valence-electron chi connectivity index (χ4n) is 3.42. The van der Waals surface area contributed by atoms with E-state index < -0.39 is 5.97 Å². The standard InChI is InChI=1S/C18H21NO3/c1-18(2)9-3-4-14(11-18)12-5-7-13(8-6-12)15-10-16(17(20)21)22-19-15/h5-8,10,14H,3-4,9,11H2,1-2H3,(H,20,21). The molecule has 1 saturated carbocycles. The van der Waals surface area contributed by atoms with Gasteiger partial charge in [0.15, 0.2) is 0 Å². The average molecular weight is 299 g/mol. The molecule has 4 nitrogen and oxygen atoms in total. The van der Waals surface area contributed by atoms with Crippen LogP contribution in [0.2, 0.25) is 0 Å². The minimum atomic E-state index is -1.10. The van der Waals surface area contributed by atoms with Crippen LogP contribution in [-0.2, 0) is 0 Å². The number of aromatic carboxylic acids is 1. The number of nitrogens with zero attached hydrogens (tertiary/aromatic N) is 1. The molecule has 1 aliphatic carbocycles. The summed E-state index contributed by atoms with van der Waals surface area (Å²) < 4.78 is 4.80. The maximum absolute atomic E-state index is 10.8. The van der Waals surface area contributed by atoms with E-state index in [0.717, 1.165) is 5.56 Å². The van der Waals surface area contributed by atoms with Gasteiger partial charge in [-0.1, -0.05) is 49.7 Å². The van der Waals surface area contributed by atoms with Gasteiger partial charge >= 0.3 is 5.97 Å². The smallest absolute Gasteiger partial charge is 0.374 e. The van der Waals surface area contributed by atoms with Crippen molar-refractivity contribution >= 4 is 5.97 Å². The van der Waals surface area contributed by atoms with Gasteiger partial charge in [-0.05, 0) is 36.2 Å². The van der Waals surface area contributed by atoms with Crippen molar-refractivity contribution in [3.05, 3.63) is 41.7 Å². The summed E-state index contributed by atoms with van der Waals surface area (Å²) in [7, 11) is 0. The molecule has 1 unspecified atom stereocenters. The largest absolute Gasteiger partial charge is 0.475 e. The maximum Gasteiger partial charge on any atom is 0.374 e. The van der Waals surface area contributed by atoms with Crippen LogP contribution in [0.5, 0.6) is 0 Å². The van der Waals surface area contributed by atoms with Crippen LogP contribution in [0.3, 0.4) is 0 Å². The van der Waals surface area contributed by atoms with Gasteiger partial charge in [-0.15, -0.1) is 0 Å². The zero-order valence-corrected chi connectivity index (χ0v) is 13.0. The van der Waals surface area contributed by atoms with E-state index >= 15 is 0 Å². The van der Waals surface area contributed by atoms with Crippen molar-refractivity contribution in [1.82, 2.24) is 5.16 Å². The first-order valence-electron chi connectivity index (χ1n) is 7.75. The normalized spacial score (nSPS) is 20.7. The lowest BCUT2D eigenvalue weighted by Crippen LogP contribution is -2.21. The van der Waals surface area contributed by atoms with Crippen molar-refractivity contribution in [3.63, 3.8) is 0 Å². The molecule has 1 aromatic carbocycles. The lowest BCUT2D eigenvalue weighted by molar-refractivity contribution is 0.0652. The molecule has 2 aromatic rings. The fraction of sp³-hybridized carbons (Fsp3) is 0.444. The van der Waals surface area contributed by atoms with Crippen LogP contribution in [0.4, 0.5) is 0 Å². The summed E-state index contributed by atoms with van der Waals surface area (Å²) >= 11 is 0. The van der Waals surface area contributed by atoms with Crippen molar-refractivity contribution in [2.75, 3.05) is 0 Å². The molecule has 0 aliphatic heterocycles. The van der Waals surface area contributed by atoms with Gasteiger partial charge < -0.3 is 9.63 Å². The molecule has 1 aromatic heterocycles. The number of benzene rings is 1. The second-order valence-electron chi connectivity index (χ2n) is 6.96. The van der Waals surface area contributed by atoms with E-state index in [1.165, 1.54) is 37.3 Å². The molecule has 116 valence electrons. The highest BCUT2D eigenvalue weighted by Crippen LogP contribution is 2.43. The third-order valence-electron chi connectivity index (χ3n) is 4.60. The van der Waals surface area contributed by atoms with E-state index in [1.54, 1.807) is 0 Å². The molecule has 1 N–H and O–H groups in total. The Morgan fingerprint density at radius 1 is 1.32 bits per heavy atom. The van der Waals surface area contributed by atoms with E-state index in [1.807, 2.05) is 12.1 Å². The summed E-state index contributed by atoms with van der Waals surface area (Å²) in [6, 6.07) is 9.73. The Bertz CT molecular complexity index is 670. The summed E-state index contributed by atoms with van der Waals surface area (Å²) in [6.45, 7) is 4.69. The Morgan fingerprint density at radius 3 is 2.64 bits per heavy atom. The van der Waals surface area contributed by atoms with Crippen LogP contribution in [0.25, 0.3) is 11.3 Å². The van der Waals surface area contributed by atoms with E-state index in [9.17, 15) is 4.79 Å². The highest BCUT2D eigenvalue weighted by Gasteiger charge is 2.28. The molecule has 1 atom stereocenters. The molecule has 22 heavy (non-hydrogen) atoms.